The van der Waals surface area contributed by atoms with Crippen molar-refractivity contribution in [1.29, 1.82) is 0 Å². The molecule has 0 aliphatic carbocycles. The van der Waals surface area contributed by atoms with Crippen LogP contribution in [0.5, 0.6) is 0 Å². The summed E-state index contributed by atoms with van der Waals surface area (Å²) in [5.74, 6) is 0. The Morgan fingerprint density at radius 3 is 2.47 bits per heavy atom. The highest BCUT2D eigenvalue weighted by atomic mass is 35.5. The predicted octanol–water partition coefficient (Wildman–Crippen LogP) is 4.13. The fourth-order valence-electron chi connectivity index (χ4n) is 1.59. The summed E-state index contributed by atoms with van der Waals surface area (Å²) in [6.07, 6.45) is 0. The first-order valence-electron chi connectivity index (χ1n) is 4.65. The standard InChI is InChI=1S/C11H12ClNS2/c1-6-5-7(2)14-11(6)10(13)8-3-4-9(12)15-8/h3-5,10H,13H2,1-2H3. The summed E-state index contributed by atoms with van der Waals surface area (Å²) < 4.78 is 0.798. The largest absolute Gasteiger partial charge is 0.319 e. The molecule has 0 spiro atoms. The first-order chi connectivity index (χ1) is 7.08. The maximum Gasteiger partial charge on any atom is 0.0931 e. The van der Waals surface area contributed by atoms with Crippen LogP contribution in [0.25, 0.3) is 0 Å². The van der Waals surface area contributed by atoms with Crippen LogP contribution in [0.3, 0.4) is 0 Å². The van der Waals surface area contributed by atoms with Crippen molar-refractivity contribution in [2.75, 3.05) is 0 Å². The van der Waals surface area contributed by atoms with Crippen molar-refractivity contribution in [3.05, 3.63) is 42.7 Å². The second kappa shape index (κ2) is 4.26. The minimum Gasteiger partial charge on any atom is -0.319 e. The monoisotopic (exact) mass is 257 g/mol. The van der Waals surface area contributed by atoms with Crippen molar-refractivity contribution in [3.8, 4) is 0 Å². The van der Waals surface area contributed by atoms with Gasteiger partial charge in [0.05, 0.1) is 10.4 Å². The first kappa shape index (κ1) is 11.1. The van der Waals surface area contributed by atoms with Crippen molar-refractivity contribution in [1.82, 2.24) is 0 Å². The molecule has 80 valence electrons. The van der Waals surface area contributed by atoms with E-state index in [0.717, 1.165) is 9.21 Å². The number of rotatable bonds is 2. The molecule has 2 rings (SSSR count). The fraction of sp³-hybridized carbons (Fsp3) is 0.273. The Balaban J connectivity index is 2.35. The van der Waals surface area contributed by atoms with Crippen LogP contribution < -0.4 is 5.73 Å². The molecule has 0 amide bonds. The van der Waals surface area contributed by atoms with Gasteiger partial charge in [0.2, 0.25) is 0 Å². The van der Waals surface area contributed by atoms with Gasteiger partial charge in [-0.1, -0.05) is 11.6 Å². The average Bonchev–Trinajstić information content (AvgIpc) is 2.71. The predicted molar refractivity (Wildman–Crippen MR) is 69.2 cm³/mol. The van der Waals surface area contributed by atoms with Crippen LogP contribution in [0.2, 0.25) is 4.34 Å². The quantitative estimate of drug-likeness (QED) is 0.860. The molecule has 2 heterocycles. The van der Waals surface area contributed by atoms with Gasteiger partial charge < -0.3 is 5.73 Å². The number of hydrogen-bond acceptors (Lipinski definition) is 3. The minimum absolute atomic E-state index is 0.0267. The molecule has 0 aromatic carbocycles. The lowest BCUT2D eigenvalue weighted by atomic mass is 10.1. The Kier molecular flexibility index (Phi) is 3.16. The van der Waals surface area contributed by atoms with Crippen LogP contribution in [0.1, 0.15) is 26.2 Å². The molecule has 0 aliphatic rings. The van der Waals surface area contributed by atoms with E-state index in [9.17, 15) is 0 Å². The van der Waals surface area contributed by atoms with Gasteiger partial charge in [-0.15, -0.1) is 22.7 Å². The Hall–Kier alpha value is -0.350. The van der Waals surface area contributed by atoms with E-state index in [-0.39, 0.29) is 6.04 Å². The molecule has 0 radical (unpaired) electrons. The van der Waals surface area contributed by atoms with Gasteiger partial charge in [0, 0.05) is 14.6 Å². The van der Waals surface area contributed by atoms with Gasteiger partial charge in [0.25, 0.3) is 0 Å². The Bertz CT molecular complexity index is 473. The van der Waals surface area contributed by atoms with Gasteiger partial charge in [-0.2, -0.15) is 0 Å². The SMILES string of the molecule is Cc1cc(C)c(C(N)c2ccc(Cl)s2)s1. The smallest absolute Gasteiger partial charge is 0.0931 e. The van der Waals surface area contributed by atoms with Crippen LogP contribution in [0.15, 0.2) is 18.2 Å². The molecule has 2 aromatic rings. The summed E-state index contributed by atoms with van der Waals surface area (Å²) in [7, 11) is 0. The molecule has 1 atom stereocenters. The molecule has 0 bridgehead atoms. The highest BCUT2D eigenvalue weighted by Crippen LogP contribution is 2.34. The number of hydrogen-bond donors (Lipinski definition) is 1. The molecular formula is C11H12ClNS2. The number of nitrogens with two attached hydrogens (primary N) is 1. The molecule has 15 heavy (non-hydrogen) atoms. The molecule has 0 saturated carbocycles. The highest BCUT2D eigenvalue weighted by Gasteiger charge is 2.15. The van der Waals surface area contributed by atoms with Gasteiger partial charge in [-0.05, 0) is 37.6 Å². The molecule has 2 aromatic heterocycles. The summed E-state index contributed by atoms with van der Waals surface area (Å²) in [5, 5.41) is 0. The Labute approximate surface area is 103 Å². The molecule has 1 unspecified atom stereocenters. The molecule has 4 heteroatoms. The van der Waals surface area contributed by atoms with E-state index in [4.69, 9.17) is 17.3 Å². The van der Waals surface area contributed by atoms with Crippen LogP contribution >= 0.6 is 34.3 Å². The van der Waals surface area contributed by atoms with E-state index in [1.54, 1.807) is 22.7 Å². The lowest BCUT2D eigenvalue weighted by Gasteiger charge is -2.08. The summed E-state index contributed by atoms with van der Waals surface area (Å²) in [6, 6.07) is 6.06. The molecular weight excluding hydrogens is 246 g/mol. The Morgan fingerprint density at radius 1 is 1.27 bits per heavy atom. The van der Waals surface area contributed by atoms with Crippen LogP contribution in [-0.4, -0.2) is 0 Å². The second-order valence-electron chi connectivity index (χ2n) is 3.52. The molecule has 2 N–H and O–H groups in total. The third kappa shape index (κ3) is 2.26. The van der Waals surface area contributed by atoms with Gasteiger partial charge in [0.15, 0.2) is 0 Å². The topological polar surface area (TPSA) is 26.0 Å². The van der Waals surface area contributed by atoms with Crippen molar-refractivity contribution in [3.63, 3.8) is 0 Å². The van der Waals surface area contributed by atoms with Crippen molar-refractivity contribution in [2.24, 2.45) is 5.73 Å². The lowest BCUT2D eigenvalue weighted by molar-refractivity contribution is 0.908. The first-order valence-corrected chi connectivity index (χ1v) is 6.67. The summed E-state index contributed by atoms with van der Waals surface area (Å²) in [4.78, 5) is 3.68. The van der Waals surface area contributed by atoms with E-state index in [2.05, 4.69) is 19.9 Å². The van der Waals surface area contributed by atoms with E-state index < -0.39 is 0 Å². The van der Waals surface area contributed by atoms with Crippen molar-refractivity contribution in [2.45, 2.75) is 19.9 Å². The molecule has 0 saturated heterocycles. The van der Waals surface area contributed by atoms with Crippen molar-refractivity contribution < 1.29 is 0 Å². The normalized spacial score (nSPS) is 13.1. The van der Waals surface area contributed by atoms with E-state index in [0.29, 0.717) is 0 Å². The van der Waals surface area contributed by atoms with Crippen LogP contribution in [0.4, 0.5) is 0 Å². The lowest BCUT2D eigenvalue weighted by Crippen LogP contribution is -2.09. The number of halogens is 1. The zero-order valence-electron chi connectivity index (χ0n) is 8.58. The van der Waals surface area contributed by atoms with E-state index >= 15 is 0 Å². The molecule has 0 fully saturated rings. The fourth-order valence-corrected chi connectivity index (χ4v) is 3.80. The maximum absolute atomic E-state index is 6.21. The van der Waals surface area contributed by atoms with E-state index in [1.165, 1.54) is 15.3 Å². The second-order valence-corrected chi connectivity index (χ2v) is 6.56. The van der Waals surface area contributed by atoms with Gasteiger partial charge in [-0.3, -0.25) is 0 Å². The zero-order chi connectivity index (χ0) is 11.0. The summed E-state index contributed by atoms with van der Waals surface area (Å²) in [6.45, 7) is 4.21. The summed E-state index contributed by atoms with van der Waals surface area (Å²) >= 11 is 9.22. The van der Waals surface area contributed by atoms with Crippen molar-refractivity contribution >= 4 is 34.3 Å². The van der Waals surface area contributed by atoms with Gasteiger partial charge in [-0.25, -0.2) is 0 Å². The van der Waals surface area contributed by atoms with E-state index in [1.807, 2.05) is 12.1 Å². The molecule has 1 nitrogen and oxygen atoms in total. The minimum atomic E-state index is -0.0267. The van der Waals surface area contributed by atoms with Gasteiger partial charge >= 0.3 is 0 Å². The average molecular weight is 258 g/mol. The summed E-state index contributed by atoms with van der Waals surface area (Å²) in [5.41, 5.74) is 7.48. The van der Waals surface area contributed by atoms with Crippen LogP contribution in [-0.2, 0) is 0 Å². The maximum atomic E-state index is 6.21. The Morgan fingerprint density at radius 2 is 2.00 bits per heavy atom. The van der Waals surface area contributed by atoms with Crippen LogP contribution in [0, 0.1) is 13.8 Å². The third-order valence-corrected chi connectivity index (χ3v) is 4.81. The zero-order valence-corrected chi connectivity index (χ0v) is 11.0. The van der Waals surface area contributed by atoms with Gasteiger partial charge in [0.1, 0.15) is 0 Å². The third-order valence-electron chi connectivity index (χ3n) is 2.26. The highest BCUT2D eigenvalue weighted by molar-refractivity contribution is 7.16. The molecule has 0 aliphatic heterocycles. The number of thiophene rings is 2. The number of aryl methyl sites for hydroxylation is 2.